The Morgan fingerprint density at radius 2 is 2.03 bits per heavy atom. The van der Waals surface area contributed by atoms with Crippen LogP contribution in [-0.2, 0) is 16.6 Å². The molecular formula is C17H20N6O4S2. The summed E-state index contributed by atoms with van der Waals surface area (Å²) >= 11 is 1.43. The molecule has 0 saturated carbocycles. The first-order valence-electron chi connectivity index (χ1n) is 8.84. The molecule has 1 aliphatic rings. The molecule has 10 nitrogen and oxygen atoms in total. The summed E-state index contributed by atoms with van der Waals surface area (Å²) in [4.78, 5) is 13.9. The molecule has 1 aromatic carbocycles. The van der Waals surface area contributed by atoms with Crippen molar-refractivity contribution in [3.05, 3.63) is 24.0 Å². The van der Waals surface area contributed by atoms with Crippen molar-refractivity contribution >= 4 is 38.8 Å². The first-order valence-corrected chi connectivity index (χ1v) is 11.3. The third-order valence-corrected chi connectivity index (χ3v) is 7.10. The maximum atomic E-state index is 11.8. The van der Waals surface area contributed by atoms with Crippen molar-refractivity contribution in [3.8, 4) is 11.5 Å². The van der Waals surface area contributed by atoms with Crippen LogP contribution in [0.15, 0.2) is 28.5 Å². The molecule has 3 aromatic rings. The highest BCUT2D eigenvalue weighted by molar-refractivity contribution is 7.99. The number of rotatable bonds is 7. The van der Waals surface area contributed by atoms with Gasteiger partial charge >= 0.3 is 0 Å². The minimum atomic E-state index is -3.30. The van der Waals surface area contributed by atoms with Crippen LogP contribution < -0.4 is 19.9 Å². The quantitative estimate of drug-likeness (QED) is 0.565. The Bertz CT molecular complexity index is 1180. The molecule has 12 heteroatoms. The lowest BCUT2D eigenvalue weighted by atomic mass is 10.2. The van der Waals surface area contributed by atoms with E-state index in [-0.39, 0.29) is 18.4 Å². The van der Waals surface area contributed by atoms with E-state index >= 15 is 0 Å². The zero-order valence-corrected chi connectivity index (χ0v) is 17.5. The van der Waals surface area contributed by atoms with Crippen molar-refractivity contribution in [3.63, 3.8) is 0 Å². The summed E-state index contributed by atoms with van der Waals surface area (Å²) in [6.45, 7) is 2.60. The lowest BCUT2D eigenvalue weighted by molar-refractivity contribution is 0.174. The van der Waals surface area contributed by atoms with Crippen LogP contribution >= 0.6 is 11.8 Å². The van der Waals surface area contributed by atoms with E-state index in [1.165, 1.54) is 25.1 Å². The summed E-state index contributed by atoms with van der Waals surface area (Å²) in [5.41, 5.74) is 8.05. The summed E-state index contributed by atoms with van der Waals surface area (Å²) in [6, 6.07) is 3.83. The number of anilines is 1. The van der Waals surface area contributed by atoms with Crippen molar-refractivity contribution in [2.24, 2.45) is 0 Å². The molecule has 0 fully saturated rings. The Morgan fingerprint density at radius 1 is 1.28 bits per heavy atom. The normalized spacial score (nSPS) is 13.3. The van der Waals surface area contributed by atoms with Crippen LogP contribution in [0.2, 0.25) is 0 Å². The van der Waals surface area contributed by atoms with Crippen LogP contribution in [0.5, 0.6) is 11.5 Å². The molecule has 154 valence electrons. The maximum absolute atomic E-state index is 11.8. The predicted octanol–water partition coefficient (Wildman–Crippen LogP) is 1.54. The van der Waals surface area contributed by atoms with E-state index in [9.17, 15) is 8.42 Å². The van der Waals surface area contributed by atoms with Gasteiger partial charge in [0.2, 0.25) is 16.8 Å². The zero-order chi connectivity index (χ0) is 20.6. The molecule has 3 N–H and O–H groups in total. The lowest BCUT2D eigenvalue weighted by Gasteiger charge is -2.10. The lowest BCUT2D eigenvalue weighted by Crippen LogP contribution is -2.22. The Balaban J connectivity index is 1.69. The SMILES string of the molecule is CNS(=O)(=O)CCCn1c(Sc2cc3c(cc2C)OCO3)nc2c(N)ncnc21. The number of benzene rings is 1. The van der Waals surface area contributed by atoms with Gasteiger partial charge in [0.05, 0.1) is 5.75 Å². The fraction of sp³-hybridized carbons (Fsp3) is 0.353. The first-order chi connectivity index (χ1) is 13.9. The van der Waals surface area contributed by atoms with Crippen molar-refractivity contribution in [1.82, 2.24) is 24.2 Å². The van der Waals surface area contributed by atoms with Gasteiger partial charge in [0.25, 0.3) is 0 Å². The molecular weight excluding hydrogens is 416 g/mol. The molecule has 1 aliphatic heterocycles. The molecule has 29 heavy (non-hydrogen) atoms. The molecule has 0 bridgehead atoms. The van der Waals surface area contributed by atoms with E-state index in [1.54, 1.807) is 0 Å². The predicted molar refractivity (Wildman–Crippen MR) is 109 cm³/mol. The number of nitrogen functional groups attached to an aromatic ring is 1. The van der Waals surface area contributed by atoms with Crippen LogP contribution in [0.3, 0.4) is 0 Å². The van der Waals surface area contributed by atoms with E-state index in [4.69, 9.17) is 15.2 Å². The Kier molecular flexibility index (Phi) is 5.23. The van der Waals surface area contributed by atoms with Gasteiger partial charge in [-0.1, -0.05) is 11.8 Å². The standard InChI is InChI=1S/C17H20N6O4S2/c1-10-6-11-12(27-9-26-11)7-13(10)28-17-22-14-15(18)20-8-21-16(14)23(17)4-3-5-29(24,25)19-2/h6-8,19H,3-5,9H2,1-2H3,(H2,18,20,21). The number of aromatic nitrogens is 4. The summed E-state index contributed by atoms with van der Waals surface area (Å²) in [7, 11) is -1.90. The molecule has 3 heterocycles. The number of sulfonamides is 1. The van der Waals surface area contributed by atoms with Crippen molar-refractivity contribution in [2.75, 3.05) is 25.3 Å². The van der Waals surface area contributed by atoms with E-state index in [1.807, 2.05) is 23.6 Å². The second-order valence-electron chi connectivity index (χ2n) is 6.43. The highest BCUT2D eigenvalue weighted by Gasteiger charge is 2.20. The zero-order valence-electron chi connectivity index (χ0n) is 15.9. The number of aryl methyl sites for hydroxylation is 2. The number of nitrogens with two attached hydrogens (primary N) is 1. The summed E-state index contributed by atoms with van der Waals surface area (Å²) in [5, 5.41) is 0.649. The molecule has 0 amide bonds. The number of imidazole rings is 1. The molecule has 0 saturated heterocycles. The average molecular weight is 437 g/mol. The fourth-order valence-electron chi connectivity index (χ4n) is 2.96. The molecule has 0 radical (unpaired) electrons. The monoisotopic (exact) mass is 436 g/mol. The Labute approximate surface area is 171 Å². The average Bonchev–Trinajstić information content (AvgIpc) is 3.27. The number of nitrogens with zero attached hydrogens (tertiary/aromatic N) is 4. The van der Waals surface area contributed by atoms with Crippen LogP contribution in [-0.4, -0.2) is 47.5 Å². The van der Waals surface area contributed by atoms with Gasteiger partial charge in [0.15, 0.2) is 33.6 Å². The van der Waals surface area contributed by atoms with E-state index in [0.717, 1.165) is 10.5 Å². The smallest absolute Gasteiger partial charge is 0.231 e. The van der Waals surface area contributed by atoms with Gasteiger partial charge in [-0.2, -0.15) is 0 Å². The topological polar surface area (TPSA) is 134 Å². The van der Waals surface area contributed by atoms with Gasteiger partial charge in [-0.25, -0.2) is 28.1 Å². The Hall–Kier alpha value is -2.57. The van der Waals surface area contributed by atoms with Gasteiger partial charge in [-0.15, -0.1) is 0 Å². The summed E-state index contributed by atoms with van der Waals surface area (Å²) in [6.07, 6.45) is 1.77. The number of fused-ring (bicyclic) bond motifs is 2. The molecule has 4 rings (SSSR count). The van der Waals surface area contributed by atoms with Crippen molar-refractivity contribution < 1.29 is 17.9 Å². The van der Waals surface area contributed by atoms with Crippen LogP contribution in [0.25, 0.3) is 11.2 Å². The van der Waals surface area contributed by atoms with Gasteiger partial charge in [-0.3, -0.25) is 0 Å². The third-order valence-electron chi connectivity index (χ3n) is 4.50. The number of hydrogen-bond acceptors (Lipinski definition) is 9. The number of hydrogen-bond donors (Lipinski definition) is 2. The van der Waals surface area contributed by atoms with E-state index < -0.39 is 10.0 Å². The summed E-state index contributed by atoms with van der Waals surface area (Å²) in [5.74, 6) is 1.67. The maximum Gasteiger partial charge on any atom is 0.231 e. The highest BCUT2D eigenvalue weighted by atomic mass is 32.2. The highest BCUT2D eigenvalue weighted by Crippen LogP contribution is 2.40. The van der Waals surface area contributed by atoms with Gasteiger partial charge in [0, 0.05) is 11.4 Å². The second kappa shape index (κ2) is 7.69. The minimum Gasteiger partial charge on any atom is -0.454 e. The number of ether oxygens (including phenoxy) is 2. The van der Waals surface area contributed by atoms with E-state index in [2.05, 4.69) is 19.7 Å². The van der Waals surface area contributed by atoms with Gasteiger partial charge in [-0.05, 0) is 38.1 Å². The third kappa shape index (κ3) is 3.95. The van der Waals surface area contributed by atoms with Crippen LogP contribution in [0.4, 0.5) is 5.82 Å². The molecule has 0 aliphatic carbocycles. The summed E-state index contributed by atoms with van der Waals surface area (Å²) < 4.78 is 38.6. The molecule has 0 unspecified atom stereocenters. The molecule has 0 atom stereocenters. The minimum absolute atomic E-state index is 0.00308. The van der Waals surface area contributed by atoms with Gasteiger partial charge < -0.3 is 19.8 Å². The van der Waals surface area contributed by atoms with Gasteiger partial charge in [0.1, 0.15) is 6.33 Å². The number of nitrogens with one attached hydrogen (secondary N) is 1. The van der Waals surface area contributed by atoms with Crippen LogP contribution in [0.1, 0.15) is 12.0 Å². The fourth-order valence-corrected chi connectivity index (χ4v) is 4.68. The van der Waals surface area contributed by atoms with Crippen LogP contribution in [0, 0.1) is 6.92 Å². The first kappa shape index (κ1) is 19.7. The Morgan fingerprint density at radius 3 is 2.79 bits per heavy atom. The molecule has 2 aromatic heterocycles. The van der Waals surface area contributed by atoms with Crippen molar-refractivity contribution in [1.29, 1.82) is 0 Å². The van der Waals surface area contributed by atoms with Crippen molar-refractivity contribution in [2.45, 2.75) is 29.9 Å². The van der Waals surface area contributed by atoms with E-state index in [0.29, 0.717) is 40.8 Å². The molecule has 0 spiro atoms. The largest absolute Gasteiger partial charge is 0.454 e. The second-order valence-corrected chi connectivity index (χ2v) is 9.48.